The average molecular weight is 791 g/mol. The summed E-state index contributed by atoms with van der Waals surface area (Å²) in [4.78, 5) is 37.0. The van der Waals surface area contributed by atoms with Crippen molar-refractivity contribution >= 4 is 17.9 Å². The van der Waals surface area contributed by atoms with Crippen molar-refractivity contribution in [3.05, 3.63) is 36.5 Å². The van der Waals surface area contributed by atoms with Crippen molar-refractivity contribution in [3.63, 3.8) is 0 Å². The smallest absolute Gasteiger partial charge is 0.362 e. The molecule has 0 aliphatic carbocycles. The van der Waals surface area contributed by atoms with Gasteiger partial charge in [-0.1, -0.05) is 172 Å². The van der Waals surface area contributed by atoms with Gasteiger partial charge in [-0.3, -0.25) is 9.59 Å². The maximum Gasteiger partial charge on any atom is 0.362 e. The van der Waals surface area contributed by atoms with Gasteiger partial charge in [-0.15, -0.1) is 0 Å². The third-order valence-corrected chi connectivity index (χ3v) is 10.3. The predicted octanol–water partition coefficient (Wildman–Crippen LogP) is 12.6. The van der Waals surface area contributed by atoms with E-state index in [0.29, 0.717) is 19.3 Å². The molecule has 0 radical (unpaired) electrons. The zero-order chi connectivity index (χ0) is 41.4. The monoisotopic (exact) mass is 791 g/mol. The van der Waals surface area contributed by atoms with E-state index in [1.54, 1.807) is 0 Å². The minimum atomic E-state index is -0.876. The van der Waals surface area contributed by atoms with E-state index in [2.05, 4.69) is 50.3 Å². The molecule has 0 aliphatic rings. The van der Waals surface area contributed by atoms with Crippen LogP contribution < -0.4 is 0 Å². The van der Waals surface area contributed by atoms with Gasteiger partial charge in [0.15, 0.2) is 12.1 Å². The van der Waals surface area contributed by atoms with Crippen LogP contribution in [0, 0.1) is 0 Å². The van der Waals surface area contributed by atoms with Crippen LogP contribution in [0.3, 0.4) is 0 Å². The first-order valence-electron chi connectivity index (χ1n) is 23.0. The summed E-state index contributed by atoms with van der Waals surface area (Å²) >= 11 is 0. The summed E-state index contributed by atoms with van der Waals surface area (Å²) in [5.74, 6) is -1.47. The first-order chi connectivity index (χ1) is 27.1. The quantitative estimate of drug-likeness (QED) is 0.0285. The molecule has 0 aliphatic heterocycles. The number of likely N-dealkylation sites (N-methyl/N-ethyl adjacent to an activating group) is 1. The summed E-state index contributed by atoms with van der Waals surface area (Å²) in [6.45, 7) is 4.63. The highest BCUT2D eigenvalue weighted by atomic mass is 16.6. The molecule has 0 aromatic heterocycles. The molecular formula is C48H88NO7+. The Morgan fingerprint density at radius 3 is 1.48 bits per heavy atom. The summed E-state index contributed by atoms with van der Waals surface area (Å²) in [6, 6.07) is -0.615. The summed E-state index contributed by atoms with van der Waals surface area (Å²) in [6.07, 6.45) is 44.7. The van der Waals surface area contributed by atoms with Gasteiger partial charge in [0, 0.05) is 19.3 Å². The second kappa shape index (κ2) is 39.4. The fourth-order valence-electron chi connectivity index (χ4n) is 6.75. The van der Waals surface area contributed by atoms with Gasteiger partial charge in [0.2, 0.25) is 0 Å². The Hall–Kier alpha value is -2.45. The molecule has 0 heterocycles. The van der Waals surface area contributed by atoms with Gasteiger partial charge in [-0.2, -0.15) is 0 Å². The van der Waals surface area contributed by atoms with Crippen molar-refractivity contribution < 1.29 is 38.2 Å². The number of ether oxygens (including phenoxy) is 3. The van der Waals surface area contributed by atoms with Gasteiger partial charge < -0.3 is 23.8 Å². The number of aliphatic carboxylic acids is 1. The van der Waals surface area contributed by atoms with Gasteiger partial charge in [-0.25, -0.2) is 4.79 Å². The number of hydrogen-bond donors (Lipinski definition) is 1. The molecule has 2 unspecified atom stereocenters. The van der Waals surface area contributed by atoms with E-state index in [1.807, 2.05) is 21.1 Å². The minimum absolute atomic E-state index is 0.0520. The van der Waals surface area contributed by atoms with Crippen LogP contribution in [0.5, 0.6) is 0 Å². The number of allylic oxidation sites excluding steroid dienone is 6. The van der Waals surface area contributed by atoms with E-state index < -0.39 is 18.1 Å². The molecule has 0 bridgehead atoms. The Kier molecular flexibility index (Phi) is 37.7. The van der Waals surface area contributed by atoms with E-state index >= 15 is 0 Å². The van der Waals surface area contributed by atoms with Crippen molar-refractivity contribution in [2.75, 3.05) is 41.0 Å². The lowest BCUT2D eigenvalue weighted by Crippen LogP contribution is -2.50. The maximum atomic E-state index is 12.7. The van der Waals surface area contributed by atoms with Crippen LogP contribution in [0.1, 0.15) is 200 Å². The SMILES string of the molecule is CC/C=C\C/C=C\C/C=C\CCCCCCCCCC(=O)OC(COCCC(C(=O)O)[N+](C)(C)C)COC(=O)CCCCCCCCCCCCCCCCC. The Morgan fingerprint density at radius 1 is 0.554 bits per heavy atom. The molecule has 0 fully saturated rings. The van der Waals surface area contributed by atoms with Crippen molar-refractivity contribution in [2.45, 2.75) is 212 Å². The van der Waals surface area contributed by atoms with Crippen LogP contribution in [0.15, 0.2) is 36.5 Å². The number of quaternary nitrogens is 1. The number of hydrogen-bond acceptors (Lipinski definition) is 6. The summed E-state index contributed by atoms with van der Waals surface area (Å²) in [5.41, 5.74) is 0. The lowest BCUT2D eigenvalue weighted by molar-refractivity contribution is -0.887. The van der Waals surface area contributed by atoms with Crippen LogP contribution in [-0.4, -0.2) is 80.6 Å². The van der Waals surface area contributed by atoms with Crippen molar-refractivity contribution in [1.82, 2.24) is 0 Å². The molecule has 0 aromatic rings. The number of unbranched alkanes of at least 4 members (excludes halogenated alkanes) is 21. The Morgan fingerprint density at radius 2 is 1.00 bits per heavy atom. The van der Waals surface area contributed by atoms with Crippen LogP contribution in [0.2, 0.25) is 0 Å². The highest BCUT2D eigenvalue weighted by molar-refractivity contribution is 5.72. The van der Waals surface area contributed by atoms with E-state index in [4.69, 9.17) is 14.2 Å². The molecule has 0 spiro atoms. The molecule has 0 saturated carbocycles. The number of carbonyl (C=O) groups excluding carboxylic acids is 2. The first-order valence-corrected chi connectivity index (χ1v) is 23.0. The molecule has 0 amide bonds. The molecule has 0 rings (SSSR count). The Labute approximate surface area is 344 Å². The van der Waals surface area contributed by atoms with E-state index in [9.17, 15) is 19.5 Å². The Balaban J connectivity index is 4.32. The first kappa shape index (κ1) is 53.6. The topological polar surface area (TPSA) is 99.1 Å². The van der Waals surface area contributed by atoms with E-state index in [1.165, 1.54) is 103 Å². The predicted molar refractivity (Wildman–Crippen MR) is 234 cm³/mol. The van der Waals surface area contributed by atoms with Gasteiger partial charge in [-0.05, 0) is 44.9 Å². The highest BCUT2D eigenvalue weighted by Crippen LogP contribution is 2.15. The van der Waals surface area contributed by atoms with Crippen molar-refractivity contribution in [3.8, 4) is 0 Å². The van der Waals surface area contributed by atoms with Gasteiger partial charge in [0.1, 0.15) is 6.61 Å². The average Bonchev–Trinajstić information content (AvgIpc) is 3.15. The third kappa shape index (κ3) is 37.1. The highest BCUT2D eigenvalue weighted by Gasteiger charge is 2.31. The number of carbonyl (C=O) groups is 3. The van der Waals surface area contributed by atoms with Crippen molar-refractivity contribution in [2.24, 2.45) is 0 Å². The largest absolute Gasteiger partial charge is 0.477 e. The summed E-state index contributed by atoms with van der Waals surface area (Å²) in [5, 5.41) is 9.62. The third-order valence-electron chi connectivity index (χ3n) is 10.3. The fraction of sp³-hybridized carbons (Fsp3) is 0.812. The number of carboxylic acid groups (broad SMARTS) is 1. The van der Waals surface area contributed by atoms with Crippen LogP contribution in [0.4, 0.5) is 0 Å². The molecule has 8 nitrogen and oxygen atoms in total. The lowest BCUT2D eigenvalue weighted by Gasteiger charge is -2.31. The molecule has 1 N–H and O–H groups in total. The fourth-order valence-corrected chi connectivity index (χ4v) is 6.75. The molecule has 0 aromatic carbocycles. The van der Waals surface area contributed by atoms with Crippen LogP contribution in [-0.2, 0) is 28.6 Å². The van der Waals surface area contributed by atoms with Crippen molar-refractivity contribution in [1.29, 1.82) is 0 Å². The Bertz CT molecular complexity index is 1020. The molecule has 326 valence electrons. The molecule has 56 heavy (non-hydrogen) atoms. The number of esters is 2. The minimum Gasteiger partial charge on any atom is -0.477 e. The zero-order valence-corrected chi connectivity index (χ0v) is 37.1. The van der Waals surface area contributed by atoms with Crippen LogP contribution in [0.25, 0.3) is 0 Å². The number of carboxylic acids is 1. The molecule has 2 atom stereocenters. The second-order valence-corrected chi connectivity index (χ2v) is 16.6. The molecule has 0 saturated heterocycles. The zero-order valence-electron chi connectivity index (χ0n) is 37.1. The van der Waals surface area contributed by atoms with Gasteiger partial charge in [0.25, 0.3) is 0 Å². The number of nitrogens with zero attached hydrogens (tertiary/aromatic N) is 1. The molecule has 8 heteroatoms. The maximum absolute atomic E-state index is 12.7. The normalized spacial score (nSPS) is 13.2. The lowest BCUT2D eigenvalue weighted by atomic mass is 10.0. The van der Waals surface area contributed by atoms with Gasteiger partial charge >= 0.3 is 17.9 Å². The summed E-state index contributed by atoms with van der Waals surface area (Å²) < 4.78 is 17.3. The van der Waals surface area contributed by atoms with E-state index in [0.717, 1.165) is 64.2 Å². The second-order valence-electron chi connectivity index (χ2n) is 16.6. The van der Waals surface area contributed by atoms with E-state index in [-0.39, 0.29) is 36.2 Å². The summed E-state index contributed by atoms with van der Waals surface area (Å²) in [7, 11) is 5.53. The van der Waals surface area contributed by atoms with Crippen LogP contribution >= 0.6 is 0 Å². The standard InChI is InChI=1S/C48H87NO7/c1-6-8-10-12-14-16-18-20-22-23-25-27-29-31-33-35-37-39-47(51)56-44(42-54-41-40-45(48(52)53)49(3,4)5)43-55-46(50)38-36-34-32-30-28-26-24-21-19-17-15-13-11-9-7-2/h8,10,14,16,20,22,44-45H,6-7,9,11-13,15,17-19,21,23-43H2,1-5H3/p+1/b10-8-,16-14-,22-20-. The number of rotatable bonds is 41. The van der Waals surface area contributed by atoms with Gasteiger partial charge in [0.05, 0.1) is 34.4 Å². The molecular weight excluding hydrogens is 703 g/mol.